The first-order valence-electron chi connectivity index (χ1n) is 9.81. The smallest absolute Gasteiger partial charge is 0.341 e. The fourth-order valence-electron chi connectivity index (χ4n) is 4.11. The van der Waals surface area contributed by atoms with Crippen LogP contribution in [0.4, 0.5) is 24.5 Å². The molecule has 0 atom stereocenters. The van der Waals surface area contributed by atoms with Gasteiger partial charge in [-0.2, -0.15) is 18.4 Å². The van der Waals surface area contributed by atoms with Crippen molar-refractivity contribution in [3.05, 3.63) is 89.6 Å². The van der Waals surface area contributed by atoms with Crippen LogP contribution in [0.1, 0.15) is 16.7 Å². The van der Waals surface area contributed by atoms with Gasteiger partial charge < -0.3 is 4.90 Å². The standard InChI is InChI=1S/C25H16F3N3/c26-25(27,28)22-13-21(7-5-19(22)14-29)31-10-9-18-11-16(6-8-24(18)31)20-12-17-3-1-2-4-23(17)30-15-20/h1-8,11-13,15H,9-10H2. The van der Waals surface area contributed by atoms with E-state index in [1.54, 1.807) is 12.1 Å². The van der Waals surface area contributed by atoms with E-state index in [9.17, 15) is 13.2 Å². The highest BCUT2D eigenvalue weighted by molar-refractivity contribution is 5.84. The van der Waals surface area contributed by atoms with Crippen molar-refractivity contribution in [2.45, 2.75) is 12.6 Å². The van der Waals surface area contributed by atoms with Crippen LogP contribution in [-0.2, 0) is 12.6 Å². The lowest BCUT2D eigenvalue weighted by Crippen LogP contribution is -2.15. The number of halogens is 3. The maximum absolute atomic E-state index is 13.4. The Morgan fingerprint density at radius 3 is 2.58 bits per heavy atom. The summed E-state index contributed by atoms with van der Waals surface area (Å²) >= 11 is 0. The number of anilines is 2. The fraction of sp³-hybridized carbons (Fsp3) is 0.120. The second-order valence-electron chi connectivity index (χ2n) is 7.50. The lowest BCUT2D eigenvalue weighted by molar-refractivity contribution is -0.137. The summed E-state index contributed by atoms with van der Waals surface area (Å²) < 4.78 is 40.1. The van der Waals surface area contributed by atoms with Gasteiger partial charge in [0.05, 0.1) is 22.7 Å². The Morgan fingerprint density at radius 2 is 1.77 bits per heavy atom. The normalized spacial score (nSPS) is 13.3. The van der Waals surface area contributed by atoms with E-state index in [0.29, 0.717) is 12.2 Å². The fourth-order valence-corrected chi connectivity index (χ4v) is 4.11. The van der Waals surface area contributed by atoms with Gasteiger partial charge in [0, 0.05) is 35.1 Å². The Hall–Kier alpha value is -3.85. The third-order valence-corrected chi connectivity index (χ3v) is 5.64. The molecule has 152 valence electrons. The quantitative estimate of drug-likeness (QED) is 0.376. The Bertz CT molecular complexity index is 1350. The SMILES string of the molecule is N#Cc1ccc(N2CCc3cc(-c4cnc5ccccc5c4)ccc32)cc1C(F)(F)F. The van der Waals surface area contributed by atoms with Crippen LogP contribution in [0.3, 0.4) is 0 Å². The molecular formula is C25H16F3N3. The number of hydrogen-bond donors (Lipinski definition) is 0. The Kier molecular flexibility index (Phi) is 4.40. The number of benzene rings is 3. The summed E-state index contributed by atoms with van der Waals surface area (Å²) in [6.45, 7) is 0.581. The summed E-state index contributed by atoms with van der Waals surface area (Å²) in [5.41, 5.74) is 4.07. The molecule has 0 radical (unpaired) electrons. The van der Waals surface area contributed by atoms with Crippen LogP contribution in [0.15, 0.2) is 72.9 Å². The molecule has 1 aliphatic heterocycles. The van der Waals surface area contributed by atoms with Crippen molar-refractivity contribution < 1.29 is 13.2 Å². The van der Waals surface area contributed by atoms with Gasteiger partial charge in [0.25, 0.3) is 0 Å². The van der Waals surface area contributed by atoms with E-state index in [1.165, 1.54) is 6.07 Å². The molecule has 0 N–H and O–H groups in total. The summed E-state index contributed by atoms with van der Waals surface area (Å²) in [5, 5.41) is 10.1. The molecule has 3 nitrogen and oxygen atoms in total. The summed E-state index contributed by atoms with van der Waals surface area (Å²) in [7, 11) is 0. The van der Waals surface area contributed by atoms with Crippen molar-refractivity contribution in [1.29, 1.82) is 5.26 Å². The van der Waals surface area contributed by atoms with Gasteiger partial charge in [0.1, 0.15) is 0 Å². The van der Waals surface area contributed by atoms with Gasteiger partial charge in [-0.25, -0.2) is 0 Å². The van der Waals surface area contributed by atoms with Gasteiger partial charge >= 0.3 is 6.18 Å². The minimum absolute atomic E-state index is 0.366. The second kappa shape index (κ2) is 7.13. The van der Waals surface area contributed by atoms with Crippen LogP contribution in [0.25, 0.3) is 22.0 Å². The maximum atomic E-state index is 13.4. The van der Waals surface area contributed by atoms with Crippen LogP contribution in [0.5, 0.6) is 0 Å². The number of fused-ring (bicyclic) bond motifs is 2. The van der Waals surface area contributed by atoms with Crippen molar-refractivity contribution in [2.24, 2.45) is 0 Å². The number of rotatable bonds is 2. The Labute approximate surface area is 177 Å². The molecule has 0 spiro atoms. The lowest BCUT2D eigenvalue weighted by atomic mass is 10.0. The molecule has 0 saturated heterocycles. The number of pyridine rings is 1. The van der Waals surface area contributed by atoms with Crippen LogP contribution in [-0.4, -0.2) is 11.5 Å². The molecule has 2 heterocycles. The van der Waals surface area contributed by atoms with Crippen molar-refractivity contribution >= 4 is 22.3 Å². The first-order valence-corrected chi connectivity index (χ1v) is 9.81. The van der Waals surface area contributed by atoms with Crippen LogP contribution in [0, 0.1) is 11.3 Å². The zero-order valence-electron chi connectivity index (χ0n) is 16.3. The van der Waals surface area contributed by atoms with Crippen LogP contribution < -0.4 is 4.90 Å². The van der Waals surface area contributed by atoms with Gasteiger partial charge in [0.15, 0.2) is 0 Å². The van der Waals surface area contributed by atoms with E-state index < -0.39 is 11.7 Å². The van der Waals surface area contributed by atoms with Gasteiger partial charge in [-0.05, 0) is 60.0 Å². The topological polar surface area (TPSA) is 39.9 Å². The molecule has 0 bridgehead atoms. The predicted octanol–water partition coefficient (Wildman–Crippen LogP) is 6.49. The van der Waals surface area contributed by atoms with E-state index in [0.717, 1.165) is 45.8 Å². The Balaban J connectivity index is 1.52. The molecule has 0 amide bonds. The number of hydrogen-bond acceptors (Lipinski definition) is 3. The minimum atomic E-state index is -4.57. The molecule has 0 saturated carbocycles. The molecule has 31 heavy (non-hydrogen) atoms. The van der Waals surface area contributed by atoms with Gasteiger partial charge in [0.2, 0.25) is 0 Å². The second-order valence-corrected chi connectivity index (χ2v) is 7.50. The third kappa shape index (κ3) is 3.38. The van der Waals surface area contributed by atoms with E-state index in [-0.39, 0.29) is 5.56 Å². The number of nitrogens with zero attached hydrogens (tertiary/aromatic N) is 3. The molecule has 1 aliphatic rings. The van der Waals surface area contributed by atoms with Crippen molar-refractivity contribution in [1.82, 2.24) is 4.98 Å². The number of nitriles is 1. The molecule has 5 rings (SSSR count). The molecule has 6 heteroatoms. The summed E-state index contributed by atoms with van der Waals surface area (Å²) in [4.78, 5) is 6.39. The van der Waals surface area contributed by atoms with Gasteiger partial charge in [-0.3, -0.25) is 4.98 Å². The zero-order valence-corrected chi connectivity index (χ0v) is 16.3. The van der Waals surface area contributed by atoms with Gasteiger partial charge in [-0.15, -0.1) is 0 Å². The summed E-state index contributed by atoms with van der Waals surface area (Å²) in [6.07, 6.45) is -2.00. The average Bonchev–Trinajstić information content (AvgIpc) is 3.21. The molecule has 0 unspecified atom stereocenters. The van der Waals surface area contributed by atoms with Gasteiger partial charge in [-0.1, -0.05) is 24.3 Å². The Morgan fingerprint density at radius 1 is 0.935 bits per heavy atom. The van der Waals surface area contributed by atoms with Crippen LogP contribution >= 0.6 is 0 Å². The number of aromatic nitrogens is 1. The highest BCUT2D eigenvalue weighted by Gasteiger charge is 2.34. The molecule has 4 aromatic rings. The summed E-state index contributed by atoms with van der Waals surface area (Å²) in [5.74, 6) is 0. The maximum Gasteiger partial charge on any atom is 0.417 e. The van der Waals surface area contributed by atoms with E-state index in [2.05, 4.69) is 17.1 Å². The molecular weight excluding hydrogens is 399 g/mol. The third-order valence-electron chi connectivity index (χ3n) is 5.64. The van der Waals surface area contributed by atoms with E-state index in [1.807, 2.05) is 47.5 Å². The van der Waals surface area contributed by atoms with Crippen molar-refractivity contribution in [3.63, 3.8) is 0 Å². The monoisotopic (exact) mass is 415 g/mol. The number of alkyl halides is 3. The molecule has 1 aromatic heterocycles. The lowest BCUT2D eigenvalue weighted by Gasteiger charge is -2.21. The highest BCUT2D eigenvalue weighted by atomic mass is 19.4. The molecule has 3 aromatic carbocycles. The first kappa shape index (κ1) is 19.1. The zero-order chi connectivity index (χ0) is 21.6. The average molecular weight is 415 g/mol. The molecule has 0 aliphatic carbocycles. The van der Waals surface area contributed by atoms with Crippen LogP contribution in [0.2, 0.25) is 0 Å². The summed E-state index contributed by atoms with van der Waals surface area (Å²) in [6, 6.07) is 21.5. The highest BCUT2D eigenvalue weighted by Crippen LogP contribution is 2.40. The first-order chi connectivity index (χ1) is 14.9. The van der Waals surface area contributed by atoms with E-state index in [4.69, 9.17) is 5.26 Å². The van der Waals surface area contributed by atoms with E-state index >= 15 is 0 Å². The van der Waals surface area contributed by atoms with Crippen molar-refractivity contribution in [3.8, 4) is 17.2 Å². The largest absolute Gasteiger partial charge is 0.417 e. The van der Waals surface area contributed by atoms with Crippen molar-refractivity contribution in [2.75, 3.05) is 11.4 Å². The minimum Gasteiger partial charge on any atom is -0.341 e. The predicted molar refractivity (Wildman–Crippen MR) is 114 cm³/mol. The number of para-hydroxylation sites is 1. The molecule has 0 fully saturated rings.